The van der Waals surface area contributed by atoms with Gasteiger partial charge in [-0.25, -0.2) is 0 Å². The van der Waals surface area contributed by atoms with Crippen LogP contribution in [-0.4, -0.2) is 11.4 Å². The van der Waals surface area contributed by atoms with Crippen LogP contribution in [-0.2, 0) is 5.88 Å². The van der Waals surface area contributed by atoms with Crippen LogP contribution in [0.3, 0.4) is 0 Å². The van der Waals surface area contributed by atoms with E-state index in [1.54, 1.807) is 11.8 Å². The summed E-state index contributed by atoms with van der Waals surface area (Å²) in [5.41, 5.74) is 1.09. The SMILES string of the molecule is CSc1c(O)sc2ccc(CCl)cc12. The molecule has 0 fully saturated rings. The first-order valence-electron chi connectivity index (χ1n) is 4.10. The molecule has 0 bridgehead atoms. The molecule has 0 saturated heterocycles. The zero-order valence-corrected chi connectivity index (χ0v) is 9.97. The number of thioether (sulfide) groups is 1. The van der Waals surface area contributed by atoms with E-state index in [0.717, 1.165) is 20.5 Å². The Hall–Kier alpha value is -0.380. The quantitative estimate of drug-likeness (QED) is 0.635. The zero-order valence-electron chi connectivity index (χ0n) is 7.58. The van der Waals surface area contributed by atoms with Crippen molar-refractivity contribution in [1.82, 2.24) is 0 Å². The van der Waals surface area contributed by atoms with Crippen LogP contribution in [0.25, 0.3) is 10.1 Å². The van der Waals surface area contributed by atoms with Crippen molar-refractivity contribution in [2.75, 3.05) is 6.26 Å². The molecule has 0 aliphatic carbocycles. The number of thiophene rings is 1. The molecule has 0 spiro atoms. The van der Waals surface area contributed by atoms with E-state index in [0.29, 0.717) is 10.9 Å². The lowest BCUT2D eigenvalue weighted by Crippen LogP contribution is -1.76. The van der Waals surface area contributed by atoms with Crippen LogP contribution in [0.15, 0.2) is 23.1 Å². The highest BCUT2D eigenvalue weighted by molar-refractivity contribution is 7.99. The Bertz CT molecular complexity index is 464. The van der Waals surface area contributed by atoms with Gasteiger partial charge in [0.1, 0.15) is 0 Å². The molecule has 1 nitrogen and oxygen atoms in total. The zero-order chi connectivity index (χ0) is 10.1. The van der Waals surface area contributed by atoms with Crippen LogP contribution in [0.4, 0.5) is 0 Å². The maximum atomic E-state index is 9.66. The van der Waals surface area contributed by atoms with Crippen LogP contribution >= 0.6 is 34.7 Å². The average molecular weight is 245 g/mol. The summed E-state index contributed by atoms with van der Waals surface area (Å²) in [5.74, 6) is 0.514. The smallest absolute Gasteiger partial charge is 0.186 e. The molecule has 2 rings (SSSR count). The minimum absolute atomic E-state index is 0.402. The van der Waals surface area contributed by atoms with Gasteiger partial charge in [-0.15, -0.1) is 23.4 Å². The molecule has 0 radical (unpaired) electrons. The number of hydrogen-bond donors (Lipinski definition) is 1. The van der Waals surface area contributed by atoms with Gasteiger partial charge in [0.25, 0.3) is 0 Å². The van der Waals surface area contributed by atoms with E-state index in [1.807, 2.05) is 24.5 Å². The summed E-state index contributed by atoms with van der Waals surface area (Å²) in [4.78, 5) is 0.956. The van der Waals surface area contributed by atoms with Crippen molar-refractivity contribution in [3.8, 4) is 5.06 Å². The van der Waals surface area contributed by atoms with E-state index in [1.165, 1.54) is 11.3 Å². The van der Waals surface area contributed by atoms with E-state index < -0.39 is 0 Å². The number of fused-ring (bicyclic) bond motifs is 1. The Morgan fingerprint density at radius 1 is 1.50 bits per heavy atom. The molecule has 1 heterocycles. The molecule has 0 saturated carbocycles. The summed E-state index contributed by atoms with van der Waals surface area (Å²) >= 11 is 8.75. The summed E-state index contributed by atoms with van der Waals surface area (Å²) in [5, 5.41) is 11.2. The fourth-order valence-corrected chi connectivity index (χ4v) is 3.38. The van der Waals surface area contributed by atoms with E-state index in [-0.39, 0.29) is 0 Å². The molecule has 0 amide bonds. The molecular weight excluding hydrogens is 236 g/mol. The predicted molar refractivity (Wildman–Crippen MR) is 64.8 cm³/mol. The third-order valence-electron chi connectivity index (χ3n) is 2.05. The van der Waals surface area contributed by atoms with Gasteiger partial charge >= 0.3 is 0 Å². The number of halogens is 1. The molecule has 1 aromatic carbocycles. The Balaban J connectivity index is 2.71. The van der Waals surface area contributed by atoms with Gasteiger partial charge in [-0.2, -0.15) is 0 Å². The van der Waals surface area contributed by atoms with Crippen molar-refractivity contribution >= 4 is 44.8 Å². The van der Waals surface area contributed by atoms with Gasteiger partial charge in [0.15, 0.2) is 5.06 Å². The normalized spacial score (nSPS) is 11.0. The summed E-state index contributed by atoms with van der Waals surface area (Å²) in [6.07, 6.45) is 1.97. The summed E-state index contributed by atoms with van der Waals surface area (Å²) in [6.45, 7) is 0. The fraction of sp³-hybridized carbons (Fsp3) is 0.200. The highest BCUT2D eigenvalue weighted by atomic mass is 35.5. The highest BCUT2D eigenvalue weighted by Gasteiger charge is 2.10. The average Bonchev–Trinajstić information content (AvgIpc) is 2.52. The molecule has 4 heteroatoms. The molecule has 1 aromatic heterocycles. The molecule has 1 N–H and O–H groups in total. The minimum Gasteiger partial charge on any atom is -0.499 e. The van der Waals surface area contributed by atoms with Gasteiger partial charge in [0.05, 0.1) is 4.90 Å². The van der Waals surface area contributed by atoms with Gasteiger partial charge in [0, 0.05) is 16.0 Å². The minimum atomic E-state index is 0.402. The third-order valence-corrected chi connectivity index (χ3v) is 4.28. The van der Waals surface area contributed by atoms with Gasteiger partial charge in [-0.1, -0.05) is 17.4 Å². The van der Waals surface area contributed by atoms with Gasteiger partial charge in [-0.3, -0.25) is 0 Å². The van der Waals surface area contributed by atoms with Crippen LogP contribution in [0, 0.1) is 0 Å². The van der Waals surface area contributed by atoms with Crippen molar-refractivity contribution in [2.45, 2.75) is 10.8 Å². The maximum absolute atomic E-state index is 9.66. The monoisotopic (exact) mass is 244 g/mol. The largest absolute Gasteiger partial charge is 0.499 e. The molecule has 0 unspecified atom stereocenters. The number of alkyl halides is 1. The lowest BCUT2D eigenvalue weighted by molar-refractivity contribution is 0.480. The number of aromatic hydroxyl groups is 1. The number of benzene rings is 1. The second-order valence-corrected chi connectivity index (χ2v) is 5.02. The summed E-state index contributed by atoms with van der Waals surface area (Å²) in [7, 11) is 0. The first-order chi connectivity index (χ1) is 6.76. The Labute approximate surface area is 95.7 Å². The van der Waals surface area contributed by atoms with E-state index in [2.05, 4.69) is 0 Å². The first kappa shape index (κ1) is 10.1. The van der Waals surface area contributed by atoms with Gasteiger partial charge in [0.2, 0.25) is 0 Å². The Morgan fingerprint density at radius 2 is 2.29 bits per heavy atom. The molecule has 0 atom stereocenters. The van der Waals surface area contributed by atoms with Crippen LogP contribution in [0.2, 0.25) is 0 Å². The lowest BCUT2D eigenvalue weighted by atomic mass is 10.2. The highest BCUT2D eigenvalue weighted by Crippen LogP contribution is 2.42. The first-order valence-corrected chi connectivity index (χ1v) is 6.68. The van der Waals surface area contributed by atoms with Crippen molar-refractivity contribution in [2.24, 2.45) is 0 Å². The molecule has 14 heavy (non-hydrogen) atoms. The molecule has 0 aliphatic rings. The second kappa shape index (κ2) is 4.01. The van der Waals surface area contributed by atoms with Crippen molar-refractivity contribution in [3.63, 3.8) is 0 Å². The van der Waals surface area contributed by atoms with Gasteiger partial charge in [-0.05, 0) is 24.0 Å². The molecule has 74 valence electrons. The fourth-order valence-electron chi connectivity index (χ4n) is 1.39. The van der Waals surface area contributed by atoms with Crippen molar-refractivity contribution in [1.29, 1.82) is 0 Å². The van der Waals surface area contributed by atoms with E-state index >= 15 is 0 Å². The van der Waals surface area contributed by atoms with Gasteiger partial charge < -0.3 is 5.11 Å². The van der Waals surface area contributed by atoms with Crippen molar-refractivity contribution in [3.05, 3.63) is 23.8 Å². The summed E-state index contributed by atoms with van der Waals surface area (Å²) in [6, 6.07) is 6.05. The number of rotatable bonds is 2. The number of hydrogen-bond acceptors (Lipinski definition) is 3. The summed E-state index contributed by atoms with van der Waals surface area (Å²) < 4.78 is 1.11. The Morgan fingerprint density at radius 3 is 2.93 bits per heavy atom. The Kier molecular flexibility index (Phi) is 2.91. The van der Waals surface area contributed by atoms with Crippen LogP contribution < -0.4 is 0 Å². The lowest BCUT2D eigenvalue weighted by Gasteiger charge is -1.97. The van der Waals surface area contributed by atoms with Crippen LogP contribution in [0.5, 0.6) is 5.06 Å². The standard InChI is InChI=1S/C10H9ClOS2/c1-13-9-7-4-6(5-11)2-3-8(7)14-10(9)12/h2-4,12H,5H2,1H3. The van der Waals surface area contributed by atoms with Crippen molar-refractivity contribution < 1.29 is 5.11 Å². The topological polar surface area (TPSA) is 20.2 Å². The maximum Gasteiger partial charge on any atom is 0.186 e. The molecular formula is C10H9ClOS2. The molecule has 0 aliphatic heterocycles. The van der Waals surface area contributed by atoms with Crippen LogP contribution in [0.1, 0.15) is 5.56 Å². The third kappa shape index (κ3) is 1.60. The second-order valence-electron chi connectivity index (χ2n) is 2.90. The van der Waals surface area contributed by atoms with E-state index in [4.69, 9.17) is 11.6 Å². The predicted octanol–water partition coefficient (Wildman–Crippen LogP) is 4.07. The molecule has 2 aromatic rings. The van der Waals surface area contributed by atoms with E-state index in [9.17, 15) is 5.11 Å².